The van der Waals surface area contributed by atoms with Crippen molar-refractivity contribution in [3.8, 4) is 5.69 Å². The molecule has 18 heavy (non-hydrogen) atoms. The molecular formula is C13H16ClN3S. The Balaban J connectivity index is 2.22. The van der Waals surface area contributed by atoms with Gasteiger partial charge in [-0.05, 0) is 31.0 Å². The highest BCUT2D eigenvalue weighted by Crippen LogP contribution is 2.24. The van der Waals surface area contributed by atoms with E-state index in [1.807, 2.05) is 29.7 Å². The van der Waals surface area contributed by atoms with Crippen LogP contribution in [0.3, 0.4) is 0 Å². The molecule has 2 aromatic rings. The molecule has 0 bridgehead atoms. The van der Waals surface area contributed by atoms with E-state index in [2.05, 4.69) is 17.1 Å². The maximum absolute atomic E-state index is 6.15. The van der Waals surface area contributed by atoms with E-state index >= 15 is 0 Å². The lowest BCUT2D eigenvalue weighted by atomic mass is 10.2. The highest BCUT2D eigenvalue weighted by molar-refractivity contribution is 7.99. The molecule has 0 N–H and O–H groups in total. The molecule has 0 aliphatic heterocycles. The Bertz CT molecular complexity index is 525. The van der Waals surface area contributed by atoms with Crippen LogP contribution in [0.15, 0.2) is 29.7 Å². The van der Waals surface area contributed by atoms with E-state index in [9.17, 15) is 0 Å². The maximum Gasteiger partial charge on any atom is 0.195 e. The first-order valence-electron chi connectivity index (χ1n) is 6.01. The number of nitrogens with zero attached hydrogens (tertiary/aromatic N) is 3. The van der Waals surface area contributed by atoms with E-state index in [1.54, 1.807) is 18.1 Å². The highest BCUT2D eigenvalue weighted by Gasteiger charge is 2.07. The van der Waals surface area contributed by atoms with Gasteiger partial charge in [0.2, 0.25) is 0 Å². The van der Waals surface area contributed by atoms with Crippen LogP contribution in [0.5, 0.6) is 0 Å². The quantitative estimate of drug-likeness (QED) is 0.610. The number of rotatable bonds is 5. The molecule has 0 amide bonds. The average Bonchev–Trinajstić information content (AvgIpc) is 2.81. The van der Waals surface area contributed by atoms with Crippen molar-refractivity contribution >= 4 is 23.4 Å². The molecule has 1 aromatic carbocycles. The van der Waals surface area contributed by atoms with Gasteiger partial charge in [0.05, 0.1) is 5.69 Å². The van der Waals surface area contributed by atoms with Crippen LogP contribution >= 0.6 is 23.4 Å². The fraction of sp³-hybridized carbons (Fsp3) is 0.385. The first-order chi connectivity index (χ1) is 8.72. The number of thioether (sulfide) groups is 1. The summed E-state index contributed by atoms with van der Waals surface area (Å²) in [5.74, 6) is 1.06. The number of hydrogen-bond acceptors (Lipinski definition) is 3. The van der Waals surface area contributed by atoms with Crippen molar-refractivity contribution in [3.05, 3.63) is 35.1 Å². The molecule has 96 valence electrons. The molecule has 0 fully saturated rings. The molecule has 0 saturated heterocycles. The second-order valence-electron chi connectivity index (χ2n) is 4.12. The summed E-state index contributed by atoms with van der Waals surface area (Å²) in [5, 5.41) is 9.82. The lowest BCUT2D eigenvalue weighted by Gasteiger charge is -2.07. The molecule has 2 rings (SSSR count). The predicted octanol–water partition coefficient (Wildman–Crippen LogP) is 4.12. The third kappa shape index (κ3) is 3.06. The molecule has 3 nitrogen and oxygen atoms in total. The normalized spacial score (nSPS) is 10.8. The van der Waals surface area contributed by atoms with Crippen LogP contribution in [0.2, 0.25) is 5.02 Å². The van der Waals surface area contributed by atoms with Crippen LogP contribution in [0, 0.1) is 6.92 Å². The second kappa shape index (κ2) is 6.25. The largest absolute Gasteiger partial charge is 0.277 e. The number of aryl methyl sites for hydroxylation is 1. The van der Waals surface area contributed by atoms with Crippen molar-refractivity contribution < 1.29 is 0 Å². The van der Waals surface area contributed by atoms with Gasteiger partial charge in [-0.3, -0.25) is 4.57 Å². The minimum Gasteiger partial charge on any atom is -0.277 e. The molecule has 0 atom stereocenters. The summed E-state index contributed by atoms with van der Waals surface area (Å²) >= 11 is 7.88. The van der Waals surface area contributed by atoms with Crippen LogP contribution < -0.4 is 0 Å². The Morgan fingerprint density at radius 2 is 2.22 bits per heavy atom. The molecule has 0 radical (unpaired) electrons. The predicted molar refractivity (Wildman–Crippen MR) is 76.7 cm³/mol. The molecule has 0 spiro atoms. The summed E-state index contributed by atoms with van der Waals surface area (Å²) < 4.78 is 1.98. The molecule has 1 heterocycles. The van der Waals surface area contributed by atoms with Gasteiger partial charge in [-0.1, -0.05) is 42.8 Å². The van der Waals surface area contributed by atoms with Crippen molar-refractivity contribution in [2.75, 3.05) is 5.75 Å². The summed E-state index contributed by atoms with van der Waals surface area (Å²) in [6.45, 7) is 4.18. The topological polar surface area (TPSA) is 30.7 Å². The van der Waals surface area contributed by atoms with E-state index in [-0.39, 0.29) is 0 Å². The lowest BCUT2D eigenvalue weighted by Crippen LogP contribution is -1.96. The van der Waals surface area contributed by atoms with Gasteiger partial charge < -0.3 is 0 Å². The van der Waals surface area contributed by atoms with E-state index in [1.165, 1.54) is 12.8 Å². The second-order valence-corrected chi connectivity index (χ2v) is 5.59. The standard InChI is InChI=1S/C13H16ClN3S/c1-3-4-7-18-13-16-15-9-17(13)11-6-5-10(2)12(14)8-11/h5-6,8-9H,3-4,7H2,1-2H3. The number of halogens is 1. The van der Waals surface area contributed by atoms with Crippen molar-refractivity contribution in [2.24, 2.45) is 0 Å². The zero-order valence-corrected chi connectivity index (χ0v) is 12.1. The molecule has 5 heteroatoms. The first-order valence-corrected chi connectivity index (χ1v) is 7.38. The smallest absolute Gasteiger partial charge is 0.195 e. The summed E-state index contributed by atoms with van der Waals surface area (Å²) in [5.41, 5.74) is 2.09. The van der Waals surface area contributed by atoms with E-state index in [0.29, 0.717) is 0 Å². The Labute approximate surface area is 117 Å². The van der Waals surface area contributed by atoms with Crippen LogP contribution in [0.1, 0.15) is 25.3 Å². The molecule has 0 unspecified atom stereocenters. The van der Waals surface area contributed by atoms with Crippen molar-refractivity contribution in [3.63, 3.8) is 0 Å². The Kier molecular flexibility index (Phi) is 4.66. The monoisotopic (exact) mass is 281 g/mol. The third-order valence-electron chi connectivity index (χ3n) is 2.68. The van der Waals surface area contributed by atoms with Gasteiger partial charge in [-0.15, -0.1) is 10.2 Å². The maximum atomic E-state index is 6.15. The molecule has 0 aliphatic carbocycles. The molecule has 0 aliphatic rings. The fourth-order valence-electron chi connectivity index (χ4n) is 1.54. The zero-order valence-electron chi connectivity index (χ0n) is 10.6. The van der Waals surface area contributed by atoms with Crippen molar-refractivity contribution in [2.45, 2.75) is 31.8 Å². The Hall–Kier alpha value is -1.00. The van der Waals surface area contributed by atoms with Crippen LogP contribution in [0.25, 0.3) is 5.69 Å². The van der Waals surface area contributed by atoms with Gasteiger partial charge in [0, 0.05) is 10.8 Å². The zero-order chi connectivity index (χ0) is 13.0. The van der Waals surface area contributed by atoms with Gasteiger partial charge in [-0.2, -0.15) is 0 Å². The van der Waals surface area contributed by atoms with Gasteiger partial charge >= 0.3 is 0 Å². The Morgan fingerprint density at radius 3 is 2.94 bits per heavy atom. The first kappa shape index (κ1) is 13.4. The van der Waals surface area contributed by atoms with Crippen molar-refractivity contribution in [1.82, 2.24) is 14.8 Å². The SMILES string of the molecule is CCCCSc1nncn1-c1ccc(C)c(Cl)c1. The Morgan fingerprint density at radius 1 is 1.39 bits per heavy atom. The minimum atomic E-state index is 0.769. The van der Waals surface area contributed by atoms with Gasteiger partial charge in [0.25, 0.3) is 0 Å². The molecular weight excluding hydrogens is 266 g/mol. The van der Waals surface area contributed by atoms with Crippen LogP contribution in [0.4, 0.5) is 0 Å². The van der Waals surface area contributed by atoms with Gasteiger partial charge in [0.1, 0.15) is 6.33 Å². The van der Waals surface area contributed by atoms with E-state index in [4.69, 9.17) is 11.6 Å². The molecule has 1 aromatic heterocycles. The fourth-order valence-corrected chi connectivity index (χ4v) is 2.73. The number of aromatic nitrogens is 3. The van der Waals surface area contributed by atoms with Crippen molar-refractivity contribution in [1.29, 1.82) is 0 Å². The summed E-state index contributed by atoms with van der Waals surface area (Å²) in [6.07, 6.45) is 4.11. The van der Waals surface area contributed by atoms with Crippen LogP contribution in [-0.4, -0.2) is 20.5 Å². The highest BCUT2D eigenvalue weighted by atomic mass is 35.5. The number of hydrogen-bond donors (Lipinski definition) is 0. The van der Waals surface area contributed by atoms with E-state index in [0.717, 1.165) is 27.2 Å². The molecule has 0 saturated carbocycles. The minimum absolute atomic E-state index is 0.769. The van der Waals surface area contributed by atoms with E-state index < -0.39 is 0 Å². The van der Waals surface area contributed by atoms with Crippen LogP contribution in [-0.2, 0) is 0 Å². The third-order valence-corrected chi connectivity index (χ3v) is 4.12. The number of unbranched alkanes of at least 4 members (excludes halogenated alkanes) is 1. The average molecular weight is 282 g/mol. The van der Waals surface area contributed by atoms with Gasteiger partial charge in [0.15, 0.2) is 5.16 Å². The number of benzene rings is 1. The summed E-state index contributed by atoms with van der Waals surface area (Å²) in [4.78, 5) is 0. The lowest BCUT2D eigenvalue weighted by molar-refractivity contribution is 0.864. The summed E-state index contributed by atoms with van der Waals surface area (Å²) in [7, 11) is 0. The van der Waals surface area contributed by atoms with Gasteiger partial charge in [-0.25, -0.2) is 0 Å². The summed E-state index contributed by atoms with van der Waals surface area (Å²) in [6, 6.07) is 6.00.